The number of hydrogen-bond donors (Lipinski definition) is 1. The average Bonchev–Trinajstić information content (AvgIpc) is 2.80. The number of hydrogen-bond acceptors (Lipinski definition) is 4. The van der Waals surface area contributed by atoms with Gasteiger partial charge in [0.15, 0.2) is 5.69 Å². The van der Waals surface area contributed by atoms with Crippen molar-refractivity contribution in [2.24, 2.45) is 0 Å². The summed E-state index contributed by atoms with van der Waals surface area (Å²) in [6.07, 6.45) is 1.55. The highest BCUT2D eigenvalue weighted by Gasteiger charge is 2.16. The van der Waals surface area contributed by atoms with Crippen molar-refractivity contribution in [3.63, 3.8) is 0 Å². The molecule has 0 aliphatic rings. The van der Waals surface area contributed by atoms with E-state index in [2.05, 4.69) is 10.4 Å². The van der Waals surface area contributed by atoms with Gasteiger partial charge in [0.2, 0.25) is 0 Å². The standard InChI is InChI=1S/C12H11ClN4O3/c1-2-16-7-10(13)11(15-16)12(18)14-8-4-3-5-9(6-8)17(19)20/h3-7H,2H2,1H3,(H,14,18). The third kappa shape index (κ3) is 2.94. The molecule has 20 heavy (non-hydrogen) atoms. The van der Waals surface area contributed by atoms with Crippen LogP contribution in [0.2, 0.25) is 5.02 Å². The molecule has 0 radical (unpaired) electrons. The van der Waals surface area contributed by atoms with E-state index in [1.165, 1.54) is 22.9 Å². The number of nitrogens with one attached hydrogen (secondary N) is 1. The summed E-state index contributed by atoms with van der Waals surface area (Å²) in [6, 6.07) is 5.65. The van der Waals surface area contributed by atoms with Crippen LogP contribution in [0.3, 0.4) is 0 Å². The second-order valence-corrected chi connectivity index (χ2v) is 4.35. The summed E-state index contributed by atoms with van der Waals surface area (Å²) in [7, 11) is 0. The second kappa shape index (κ2) is 5.70. The molecule has 1 N–H and O–H groups in total. The first-order valence-corrected chi connectivity index (χ1v) is 6.18. The van der Waals surface area contributed by atoms with Crippen LogP contribution >= 0.6 is 11.6 Å². The van der Waals surface area contributed by atoms with E-state index in [-0.39, 0.29) is 16.4 Å². The Morgan fingerprint density at radius 1 is 1.55 bits per heavy atom. The number of nitro benzene ring substituents is 1. The lowest BCUT2D eigenvalue weighted by atomic mass is 10.2. The minimum Gasteiger partial charge on any atom is -0.320 e. The van der Waals surface area contributed by atoms with Gasteiger partial charge in [-0.2, -0.15) is 5.10 Å². The van der Waals surface area contributed by atoms with E-state index >= 15 is 0 Å². The van der Waals surface area contributed by atoms with Gasteiger partial charge in [-0.25, -0.2) is 0 Å². The zero-order chi connectivity index (χ0) is 14.7. The number of aryl methyl sites for hydroxylation is 1. The van der Waals surface area contributed by atoms with Crippen molar-refractivity contribution >= 4 is 28.9 Å². The monoisotopic (exact) mass is 294 g/mol. The van der Waals surface area contributed by atoms with Crippen molar-refractivity contribution < 1.29 is 9.72 Å². The highest BCUT2D eigenvalue weighted by atomic mass is 35.5. The fourth-order valence-electron chi connectivity index (χ4n) is 1.60. The molecule has 1 heterocycles. The first-order valence-electron chi connectivity index (χ1n) is 5.80. The van der Waals surface area contributed by atoms with Crippen LogP contribution in [-0.4, -0.2) is 20.6 Å². The van der Waals surface area contributed by atoms with Crippen LogP contribution in [0.25, 0.3) is 0 Å². The molecule has 1 aromatic heterocycles. The van der Waals surface area contributed by atoms with Crippen molar-refractivity contribution in [3.8, 4) is 0 Å². The van der Waals surface area contributed by atoms with Gasteiger partial charge >= 0.3 is 0 Å². The Bertz CT molecular complexity index is 668. The van der Waals surface area contributed by atoms with Gasteiger partial charge in [-0.05, 0) is 13.0 Å². The van der Waals surface area contributed by atoms with E-state index in [1.807, 2.05) is 6.92 Å². The third-order valence-electron chi connectivity index (χ3n) is 2.57. The minimum absolute atomic E-state index is 0.0834. The van der Waals surface area contributed by atoms with Crippen molar-refractivity contribution in [3.05, 3.63) is 51.3 Å². The number of non-ortho nitro benzene ring substituents is 1. The molecule has 0 fully saturated rings. The van der Waals surface area contributed by atoms with Gasteiger partial charge in [-0.3, -0.25) is 19.6 Å². The van der Waals surface area contributed by atoms with E-state index < -0.39 is 10.8 Å². The Morgan fingerprint density at radius 2 is 2.30 bits per heavy atom. The van der Waals surface area contributed by atoms with Crippen LogP contribution in [0, 0.1) is 10.1 Å². The van der Waals surface area contributed by atoms with Crippen LogP contribution in [-0.2, 0) is 6.54 Å². The zero-order valence-corrected chi connectivity index (χ0v) is 11.3. The molecule has 104 valence electrons. The summed E-state index contributed by atoms with van der Waals surface area (Å²) in [4.78, 5) is 22.1. The van der Waals surface area contributed by atoms with E-state index in [4.69, 9.17) is 11.6 Å². The summed E-state index contributed by atoms with van der Waals surface area (Å²) in [5, 5.41) is 17.4. The molecular weight excluding hydrogens is 284 g/mol. The summed E-state index contributed by atoms with van der Waals surface area (Å²) < 4.78 is 1.53. The first-order chi connectivity index (χ1) is 9.51. The van der Waals surface area contributed by atoms with Crippen LogP contribution in [0.4, 0.5) is 11.4 Å². The maximum Gasteiger partial charge on any atom is 0.277 e. The van der Waals surface area contributed by atoms with Gasteiger partial charge < -0.3 is 5.32 Å². The molecule has 0 saturated heterocycles. The highest BCUT2D eigenvalue weighted by Crippen LogP contribution is 2.19. The Morgan fingerprint density at radius 3 is 2.90 bits per heavy atom. The van der Waals surface area contributed by atoms with Gasteiger partial charge in [-0.1, -0.05) is 17.7 Å². The lowest BCUT2D eigenvalue weighted by Gasteiger charge is -2.03. The molecule has 0 unspecified atom stereocenters. The van der Waals surface area contributed by atoms with Crippen LogP contribution in [0.1, 0.15) is 17.4 Å². The molecule has 0 aliphatic heterocycles. The smallest absolute Gasteiger partial charge is 0.277 e. The van der Waals surface area contributed by atoms with E-state index in [0.29, 0.717) is 12.2 Å². The maximum atomic E-state index is 12.0. The molecular formula is C12H11ClN4O3. The number of nitrogens with zero attached hydrogens (tertiary/aromatic N) is 3. The summed E-state index contributed by atoms with van der Waals surface area (Å²) in [5.41, 5.74) is 0.291. The Balaban J connectivity index is 2.21. The predicted molar refractivity (Wildman–Crippen MR) is 74.0 cm³/mol. The third-order valence-corrected chi connectivity index (χ3v) is 2.85. The molecule has 0 saturated carbocycles. The summed E-state index contributed by atoms with van der Waals surface area (Å²) >= 11 is 5.91. The minimum atomic E-state index is -0.533. The van der Waals surface area contributed by atoms with E-state index in [0.717, 1.165) is 0 Å². The lowest BCUT2D eigenvalue weighted by molar-refractivity contribution is -0.384. The molecule has 7 nitrogen and oxygen atoms in total. The van der Waals surface area contributed by atoms with E-state index in [9.17, 15) is 14.9 Å². The number of aromatic nitrogens is 2. The molecule has 1 amide bonds. The molecule has 1 aromatic carbocycles. The highest BCUT2D eigenvalue weighted by molar-refractivity contribution is 6.34. The predicted octanol–water partition coefficient (Wildman–Crippen LogP) is 2.72. The van der Waals surface area contributed by atoms with Crippen LogP contribution < -0.4 is 5.32 Å². The Hall–Kier alpha value is -2.41. The van der Waals surface area contributed by atoms with Crippen LogP contribution in [0.5, 0.6) is 0 Å². The number of anilines is 1. The molecule has 0 atom stereocenters. The largest absolute Gasteiger partial charge is 0.320 e. The van der Waals surface area contributed by atoms with Crippen molar-refractivity contribution in [1.82, 2.24) is 9.78 Å². The fraction of sp³-hybridized carbons (Fsp3) is 0.167. The number of carbonyl (C=O) groups excluding carboxylic acids is 1. The average molecular weight is 295 g/mol. The van der Waals surface area contributed by atoms with Crippen LogP contribution in [0.15, 0.2) is 30.5 Å². The molecule has 8 heteroatoms. The molecule has 2 rings (SSSR count). The van der Waals surface area contributed by atoms with Crippen molar-refractivity contribution in [1.29, 1.82) is 0 Å². The molecule has 0 aliphatic carbocycles. The van der Waals surface area contributed by atoms with Gasteiger partial charge in [0.25, 0.3) is 11.6 Å². The number of carbonyl (C=O) groups is 1. The van der Waals surface area contributed by atoms with Gasteiger partial charge in [0.05, 0.1) is 9.95 Å². The lowest BCUT2D eigenvalue weighted by Crippen LogP contribution is -2.13. The molecule has 2 aromatic rings. The first kappa shape index (κ1) is 14.0. The number of benzene rings is 1. The number of halogens is 1. The van der Waals surface area contributed by atoms with Gasteiger partial charge in [0.1, 0.15) is 0 Å². The van der Waals surface area contributed by atoms with Crippen molar-refractivity contribution in [2.45, 2.75) is 13.5 Å². The fourth-order valence-corrected chi connectivity index (χ4v) is 1.84. The molecule has 0 spiro atoms. The topological polar surface area (TPSA) is 90.1 Å². The van der Waals surface area contributed by atoms with Gasteiger partial charge in [-0.15, -0.1) is 0 Å². The second-order valence-electron chi connectivity index (χ2n) is 3.94. The quantitative estimate of drug-likeness (QED) is 0.693. The normalized spacial score (nSPS) is 10.3. The number of amides is 1. The van der Waals surface area contributed by atoms with Crippen molar-refractivity contribution in [2.75, 3.05) is 5.32 Å². The van der Waals surface area contributed by atoms with Gasteiger partial charge in [0, 0.05) is 30.6 Å². The molecule has 0 bridgehead atoms. The Kier molecular flexibility index (Phi) is 3.99. The number of nitro groups is 1. The van der Waals surface area contributed by atoms with E-state index in [1.54, 1.807) is 12.3 Å². The SMILES string of the molecule is CCn1cc(Cl)c(C(=O)Nc2cccc([N+](=O)[O-])c2)n1. The summed E-state index contributed by atoms with van der Waals surface area (Å²) in [6.45, 7) is 2.45. The maximum absolute atomic E-state index is 12.0. The Labute approximate surface area is 119 Å². The number of rotatable bonds is 4. The summed E-state index contributed by atoms with van der Waals surface area (Å²) in [5.74, 6) is -0.511. The zero-order valence-electron chi connectivity index (χ0n) is 10.5.